The number of morpholine rings is 1. The molecule has 1 aromatic heterocycles. The second-order valence-corrected chi connectivity index (χ2v) is 8.72. The smallest absolute Gasteiger partial charge is 0.328 e. The fourth-order valence-corrected chi connectivity index (χ4v) is 5.13. The summed E-state index contributed by atoms with van der Waals surface area (Å²) in [6.07, 6.45) is 0.917. The van der Waals surface area contributed by atoms with Crippen LogP contribution in [-0.2, 0) is 35.1 Å². The number of benzene rings is 1. The number of hydrogen-bond acceptors (Lipinski definition) is 11. The molecule has 0 radical (unpaired) electrons. The Hall–Kier alpha value is -4.11. The second kappa shape index (κ2) is 9.40. The minimum Gasteiger partial charge on any atom is -0.399 e. The van der Waals surface area contributed by atoms with Crippen LogP contribution in [0, 0.1) is 11.2 Å². The van der Waals surface area contributed by atoms with E-state index in [2.05, 4.69) is 25.8 Å². The van der Waals surface area contributed by atoms with Gasteiger partial charge in [-0.05, 0) is 11.6 Å². The second-order valence-electron chi connectivity index (χ2n) is 8.72. The van der Waals surface area contributed by atoms with Gasteiger partial charge in [0, 0.05) is 20.1 Å². The Morgan fingerprint density at radius 1 is 1.35 bits per heavy atom. The predicted molar refractivity (Wildman–Crippen MR) is 123 cm³/mol. The van der Waals surface area contributed by atoms with E-state index in [0.717, 1.165) is 4.90 Å². The summed E-state index contributed by atoms with van der Waals surface area (Å²) in [6.45, 7) is 0.337. The van der Waals surface area contributed by atoms with Crippen molar-refractivity contribution in [1.82, 2.24) is 15.8 Å². The van der Waals surface area contributed by atoms with Crippen LogP contribution in [-0.4, -0.2) is 88.3 Å². The van der Waals surface area contributed by atoms with E-state index in [1.54, 1.807) is 4.90 Å². The van der Waals surface area contributed by atoms with Gasteiger partial charge in [0.15, 0.2) is 17.1 Å². The van der Waals surface area contributed by atoms with E-state index in [0.29, 0.717) is 12.0 Å². The number of ether oxygens (including phenoxy) is 2. The van der Waals surface area contributed by atoms with E-state index in [1.807, 2.05) is 0 Å². The van der Waals surface area contributed by atoms with Gasteiger partial charge in [0.05, 0.1) is 43.1 Å². The summed E-state index contributed by atoms with van der Waals surface area (Å²) in [7, 11) is 2.77. The molecule has 2 N–H and O–H groups in total. The normalized spacial score (nSPS) is 21.4. The van der Waals surface area contributed by atoms with Crippen LogP contribution in [0.25, 0.3) is 11.0 Å². The number of oxime groups is 1. The van der Waals surface area contributed by atoms with Gasteiger partial charge in [0.25, 0.3) is 0 Å². The molecule has 5 rings (SSSR count). The number of hydrogen-bond donors (Lipinski definition) is 2. The first-order valence-electron chi connectivity index (χ1n) is 11.3. The van der Waals surface area contributed by atoms with Crippen molar-refractivity contribution >= 4 is 52.9 Å². The molecule has 2 saturated heterocycles. The minimum atomic E-state index is -1.75. The average Bonchev–Trinajstić information content (AvgIpc) is 3.31. The molecule has 14 nitrogen and oxygen atoms in total. The van der Waals surface area contributed by atoms with Crippen LogP contribution >= 0.6 is 0 Å². The molecule has 1 aromatic carbocycles. The van der Waals surface area contributed by atoms with Gasteiger partial charge in [-0.2, -0.15) is 0 Å². The molecule has 4 heterocycles. The Morgan fingerprint density at radius 3 is 2.78 bits per heavy atom. The number of barbiturate groups is 1. The summed E-state index contributed by atoms with van der Waals surface area (Å²) >= 11 is 0. The van der Waals surface area contributed by atoms with E-state index < -0.39 is 41.2 Å². The van der Waals surface area contributed by atoms with Crippen molar-refractivity contribution in [2.45, 2.75) is 18.6 Å². The fourth-order valence-electron chi connectivity index (χ4n) is 5.13. The molecule has 2 fully saturated rings. The van der Waals surface area contributed by atoms with Crippen LogP contribution in [0.2, 0.25) is 0 Å². The third-order valence-corrected chi connectivity index (χ3v) is 6.87. The molecule has 37 heavy (non-hydrogen) atoms. The fraction of sp³-hybridized carbons (Fsp3) is 0.455. The first kappa shape index (κ1) is 24.6. The van der Waals surface area contributed by atoms with Crippen molar-refractivity contribution in [3.63, 3.8) is 0 Å². The standard InChI is InChI=1S/C22H23FN6O8/c1-34-12(7-24-35-2)8-28(10-30)18-13-5-11-6-22(19(31)25-21(33)26-20(22)32)14-9-36-4-3-29(14)16(11)15(23)17(13)37-27-18/h5,7,10,12,14H,3-4,6,8-9H2,1-2H3,(H2,25,26,31,32,33)/b24-7+. The monoisotopic (exact) mass is 518 g/mol. The van der Waals surface area contributed by atoms with Crippen LogP contribution in [0.4, 0.5) is 20.7 Å². The maximum Gasteiger partial charge on any atom is 0.328 e. The summed E-state index contributed by atoms with van der Waals surface area (Å²) < 4.78 is 32.1. The van der Waals surface area contributed by atoms with Crippen molar-refractivity contribution in [1.29, 1.82) is 0 Å². The predicted octanol–water partition coefficient (Wildman–Crippen LogP) is -0.309. The quantitative estimate of drug-likeness (QED) is 0.215. The zero-order valence-electron chi connectivity index (χ0n) is 19.9. The molecule has 15 heteroatoms. The van der Waals surface area contributed by atoms with E-state index in [9.17, 15) is 19.2 Å². The van der Waals surface area contributed by atoms with E-state index >= 15 is 4.39 Å². The van der Waals surface area contributed by atoms with Crippen LogP contribution in [0.3, 0.4) is 0 Å². The Kier molecular flexibility index (Phi) is 6.25. The van der Waals surface area contributed by atoms with Crippen LogP contribution in [0.1, 0.15) is 5.56 Å². The average molecular weight is 518 g/mol. The lowest BCUT2D eigenvalue weighted by molar-refractivity contribution is -0.148. The maximum atomic E-state index is 16.0. The number of methoxy groups -OCH3 is 1. The summed E-state index contributed by atoms with van der Waals surface area (Å²) in [6, 6.07) is -0.264. The van der Waals surface area contributed by atoms with Gasteiger partial charge < -0.3 is 23.7 Å². The largest absolute Gasteiger partial charge is 0.399 e. The third kappa shape index (κ3) is 3.77. The molecule has 196 valence electrons. The van der Waals surface area contributed by atoms with E-state index in [4.69, 9.17) is 14.0 Å². The molecular weight excluding hydrogens is 495 g/mol. The highest BCUT2D eigenvalue weighted by Gasteiger charge is 2.61. The molecular formula is C22H23FN6O8. The molecule has 3 aliphatic heterocycles. The van der Waals surface area contributed by atoms with Crippen molar-refractivity contribution in [2.75, 3.05) is 50.3 Å². The molecule has 2 atom stereocenters. The van der Waals surface area contributed by atoms with Crippen molar-refractivity contribution in [2.24, 2.45) is 10.6 Å². The molecule has 3 aliphatic rings. The van der Waals surface area contributed by atoms with Gasteiger partial charge >= 0.3 is 6.03 Å². The number of fused-ring (bicyclic) bond motifs is 5. The molecule has 1 spiro atoms. The summed E-state index contributed by atoms with van der Waals surface area (Å²) in [5.74, 6) is -2.34. The van der Waals surface area contributed by atoms with Gasteiger partial charge in [-0.1, -0.05) is 10.3 Å². The molecule has 0 bridgehead atoms. The van der Waals surface area contributed by atoms with Crippen LogP contribution in [0.15, 0.2) is 15.7 Å². The Balaban J connectivity index is 1.62. The highest BCUT2D eigenvalue weighted by molar-refractivity contribution is 6.20. The number of anilines is 2. The Morgan fingerprint density at radius 2 is 2.11 bits per heavy atom. The number of rotatable bonds is 7. The van der Waals surface area contributed by atoms with Crippen LogP contribution in [0.5, 0.6) is 0 Å². The van der Waals surface area contributed by atoms with Gasteiger partial charge in [0.1, 0.15) is 13.2 Å². The number of halogens is 1. The number of nitrogens with one attached hydrogen (secondary N) is 2. The number of imide groups is 2. The van der Waals surface area contributed by atoms with Crippen molar-refractivity contribution < 1.29 is 42.4 Å². The third-order valence-electron chi connectivity index (χ3n) is 6.87. The molecule has 0 saturated carbocycles. The number of amides is 5. The highest BCUT2D eigenvalue weighted by Crippen LogP contribution is 2.47. The maximum absolute atomic E-state index is 16.0. The first-order chi connectivity index (χ1) is 17.8. The SMILES string of the molecule is CO/N=C/C(CN(C=O)c1noc2c(F)c3c(cc12)CC1(C(=O)NC(=O)NC1=O)C1COCCN31)OC. The zero-order chi connectivity index (χ0) is 26.3. The molecule has 2 unspecified atom stereocenters. The summed E-state index contributed by atoms with van der Waals surface area (Å²) in [4.78, 5) is 57.4. The number of urea groups is 1. The molecule has 2 aromatic rings. The van der Waals surface area contributed by atoms with Crippen LogP contribution < -0.4 is 20.4 Å². The lowest BCUT2D eigenvalue weighted by Crippen LogP contribution is -2.73. The number of nitrogens with zero attached hydrogens (tertiary/aromatic N) is 4. The van der Waals surface area contributed by atoms with E-state index in [-0.39, 0.29) is 55.2 Å². The number of aromatic nitrogens is 1. The summed E-state index contributed by atoms with van der Waals surface area (Å²) in [5, 5.41) is 12.0. The highest BCUT2D eigenvalue weighted by atomic mass is 19.1. The van der Waals surface area contributed by atoms with Gasteiger partial charge in [-0.3, -0.25) is 29.9 Å². The zero-order valence-corrected chi connectivity index (χ0v) is 19.9. The lowest BCUT2D eigenvalue weighted by Gasteiger charge is -2.51. The van der Waals surface area contributed by atoms with E-state index in [1.165, 1.54) is 26.5 Å². The minimum absolute atomic E-state index is 0.00504. The topological polar surface area (TPSA) is 165 Å². The molecule has 0 aliphatic carbocycles. The van der Waals surface area contributed by atoms with Gasteiger partial charge in [-0.15, -0.1) is 0 Å². The Bertz CT molecular complexity index is 1290. The number of carbonyl (C=O) groups is 4. The van der Waals surface area contributed by atoms with Gasteiger partial charge in [-0.25, -0.2) is 9.18 Å². The number of carbonyl (C=O) groups excluding carboxylic acids is 4. The van der Waals surface area contributed by atoms with Crippen molar-refractivity contribution in [3.8, 4) is 0 Å². The first-order valence-corrected chi connectivity index (χ1v) is 11.3. The summed E-state index contributed by atoms with van der Waals surface area (Å²) in [5.41, 5.74) is -1.50. The van der Waals surface area contributed by atoms with Crippen molar-refractivity contribution in [3.05, 3.63) is 17.4 Å². The van der Waals surface area contributed by atoms with Gasteiger partial charge in [0.2, 0.25) is 23.8 Å². The molecule has 5 amide bonds. The lowest BCUT2D eigenvalue weighted by atomic mass is 9.68. The Labute approximate surface area is 208 Å².